The Bertz CT molecular complexity index is 425. The molecule has 2 N–H and O–H groups in total. The minimum absolute atomic E-state index is 0.0865. The highest BCUT2D eigenvalue weighted by atomic mass is 16.4. The molecule has 4 nitrogen and oxygen atoms in total. The average Bonchev–Trinajstić information content (AvgIpc) is 2.73. The third kappa shape index (κ3) is 2.75. The smallest absolute Gasteiger partial charge is 0.287 e. The van der Waals surface area contributed by atoms with Crippen LogP contribution in [0.3, 0.4) is 0 Å². The molecule has 1 aliphatic rings. The fraction of sp³-hybridized carbons (Fsp3) is 0.643. The molecule has 0 saturated carbocycles. The molecule has 1 amide bonds. The van der Waals surface area contributed by atoms with Crippen LogP contribution in [-0.4, -0.2) is 25.0 Å². The number of amides is 1. The van der Waals surface area contributed by atoms with Gasteiger partial charge in [0, 0.05) is 12.5 Å². The summed E-state index contributed by atoms with van der Waals surface area (Å²) in [5.41, 5.74) is 1.06. The number of carbonyl (C=O) groups excluding carboxylic acids is 1. The van der Waals surface area contributed by atoms with E-state index < -0.39 is 0 Å². The SMILES string of the molecule is CCc1oc(C(=O)NC2CCNCC2C)cc1C. The van der Waals surface area contributed by atoms with E-state index in [0.29, 0.717) is 11.7 Å². The molecule has 1 aliphatic heterocycles. The summed E-state index contributed by atoms with van der Waals surface area (Å²) in [4.78, 5) is 12.1. The molecule has 18 heavy (non-hydrogen) atoms. The van der Waals surface area contributed by atoms with Crippen LogP contribution in [0.1, 0.15) is 42.1 Å². The van der Waals surface area contributed by atoms with Crippen molar-refractivity contribution in [2.45, 2.75) is 39.7 Å². The van der Waals surface area contributed by atoms with Gasteiger partial charge in [0.05, 0.1) is 0 Å². The quantitative estimate of drug-likeness (QED) is 0.861. The molecule has 1 aromatic rings. The molecule has 1 aromatic heterocycles. The van der Waals surface area contributed by atoms with Crippen molar-refractivity contribution >= 4 is 5.91 Å². The van der Waals surface area contributed by atoms with Gasteiger partial charge in [-0.15, -0.1) is 0 Å². The summed E-state index contributed by atoms with van der Waals surface area (Å²) in [6.45, 7) is 8.09. The van der Waals surface area contributed by atoms with Crippen LogP contribution in [0.2, 0.25) is 0 Å². The van der Waals surface area contributed by atoms with Crippen molar-refractivity contribution in [2.75, 3.05) is 13.1 Å². The summed E-state index contributed by atoms with van der Waals surface area (Å²) >= 11 is 0. The van der Waals surface area contributed by atoms with E-state index in [1.807, 2.05) is 19.9 Å². The van der Waals surface area contributed by atoms with Gasteiger partial charge in [-0.05, 0) is 44.0 Å². The minimum Gasteiger partial charge on any atom is -0.456 e. The largest absolute Gasteiger partial charge is 0.456 e. The van der Waals surface area contributed by atoms with Crippen LogP contribution in [0.15, 0.2) is 10.5 Å². The highest BCUT2D eigenvalue weighted by molar-refractivity contribution is 5.92. The summed E-state index contributed by atoms with van der Waals surface area (Å²) in [5.74, 6) is 1.72. The van der Waals surface area contributed by atoms with Gasteiger partial charge < -0.3 is 15.1 Å². The zero-order valence-electron chi connectivity index (χ0n) is 11.4. The maximum absolute atomic E-state index is 12.1. The van der Waals surface area contributed by atoms with Gasteiger partial charge in [0.1, 0.15) is 5.76 Å². The van der Waals surface area contributed by atoms with Crippen molar-refractivity contribution < 1.29 is 9.21 Å². The van der Waals surface area contributed by atoms with Crippen molar-refractivity contribution in [3.05, 3.63) is 23.2 Å². The Morgan fingerprint density at radius 1 is 1.61 bits per heavy atom. The Morgan fingerprint density at radius 3 is 3.00 bits per heavy atom. The lowest BCUT2D eigenvalue weighted by Gasteiger charge is -2.29. The molecular weight excluding hydrogens is 228 g/mol. The summed E-state index contributed by atoms with van der Waals surface area (Å²) < 4.78 is 5.57. The summed E-state index contributed by atoms with van der Waals surface area (Å²) in [6.07, 6.45) is 1.80. The standard InChI is InChI=1S/C14H22N2O2/c1-4-12-9(2)7-13(18-12)14(17)16-11-5-6-15-8-10(11)3/h7,10-11,15H,4-6,8H2,1-3H3,(H,16,17). The number of furan rings is 1. The Labute approximate surface area is 108 Å². The predicted octanol–water partition coefficient (Wildman–Crippen LogP) is 1.88. The topological polar surface area (TPSA) is 54.3 Å². The Balaban J connectivity index is 2.02. The first kappa shape index (κ1) is 13.1. The first-order valence-electron chi connectivity index (χ1n) is 6.72. The van der Waals surface area contributed by atoms with Gasteiger partial charge in [-0.2, -0.15) is 0 Å². The van der Waals surface area contributed by atoms with E-state index in [4.69, 9.17) is 4.42 Å². The van der Waals surface area contributed by atoms with Gasteiger partial charge in [-0.1, -0.05) is 13.8 Å². The van der Waals surface area contributed by atoms with Crippen LogP contribution in [0.25, 0.3) is 0 Å². The van der Waals surface area contributed by atoms with E-state index in [1.165, 1.54) is 0 Å². The fourth-order valence-electron chi connectivity index (χ4n) is 2.45. The van der Waals surface area contributed by atoms with E-state index in [9.17, 15) is 4.79 Å². The number of piperidine rings is 1. The van der Waals surface area contributed by atoms with E-state index in [-0.39, 0.29) is 11.9 Å². The molecular formula is C14H22N2O2. The van der Waals surface area contributed by atoms with Crippen LogP contribution in [0, 0.1) is 12.8 Å². The van der Waals surface area contributed by atoms with Crippen LogP contribution >= 0.6 is 0 Å². The molecule has 2 atom stereocenters. The molecule has 2 rings (SSSR count). The van der Waals surface area contributed by atoms with Crippen LogP contribution in [0.5, 0.6) is 0 Å². The zero-order chi connectivity index (χ0) is 13.1. The zero-order valence-corrected chi connectivity index (χ0v) is 11.4. The van der Waals surface area contributed by atoms with Gasteiger partial charge >= 0.3 is 0 Å². The normalized spacial score (nSPS) is 23.9. The lowest BCUT2D eigenvalue weighted by atomic mass is 9.95. The van der Waals surface area contributed by atoms with Gasteiger partial charge in [-0.3, -0.25) is 4.79 Å². The predicted molar refractivity (Wildman–Crippen MR) is 70.7 cm³/mol. The number of aryl methyl sites for hydroxylation is 2. The molecule has 0 aliphatic carbocycles. The Hall–Kier alpha value is -1.29. The van der Waals surface area contributed by atoms with Gasteiger partial charge in [0.2, 0.25) is 0 Å². The van der Waals surface area contributed by atoms with Crippen molar-refractivity contribution in [3.8, 4) is 0 Å². The molecule has 100 valence electrons. The number of rotatable bonds is 3. The third-order valence-corrected chi connectivity index (χ3v) is 3.67. The van der Waals surface area contributed by atoms with Crippen molar-refractivity contribution in [3.63, 3.8) is 0 Å². The number of hydrogen-bond donors (Lipinski definition) is 2. The minimum atomic E-state index is -0.0865. The summed E-state index contributed by atoms with van der Waals surface area (Å²) in [6, 6.07) is 2.08. The van der Waals surface area contributed by atoms with E-state index >= 15 is 0 Å². The van der Waals surface area contributed by atoms with Crippen LogP contribution in [0.4, 0.5) is 0 Å². The molecule has 0 radical (unpaired) electrons. The highest BCUT2D eigenvalue weighted by Gasteiger charge is 2.24. The maximum atomic E-state index is 12.1. The number of nitrogens with one attached hydrogen (secondary N) is 2. The Kier molecular flexibility index (Phi) is 4.07. The van der Waals surface area contributed by atoms with E-state index in [1.54, 1.807) is 0 Å². The number of hydrogen-bond acceptors (Lipinski definition) is 3. The summed E-state index contributed by atoms with van der Waals surface area (Å²) in [7, 11) is 0. The lowest BCUT2D eigenvalue weighted by Crippen LogP contribution is -2.48. The van der Waals surface area contributed by atoms with Gasteiger partial charge in [0.15, 0.2) is 5.76 Å². The first-order valence-corrected chi connectivity index (χ1v) is 6.72. The molecule has 1 saturated heterocycles. The second-order valence-electron chi connectivity index (χ2n) is 5.12. The molecule has 2 unspecified atom stereocenters. The molecule has 0 bridgehead atoms. The second-order valence-corrected chi connectivity index (χ2v) is 5.12. The molecule has 1 fully saturated rings. The first-order chi connectivity index (χ1) is 8.61. The van der Waals surface area contributed by atoms with Crippen molar-refractivity contribution in [1.29, 1.82) is 0 Å². The average molecular weight is 250 g/mol. The van der Waals surface area contributed by atoms with Crippen LogP contribution < -0.4 is 10.6 Å². The van der Waals surface area contributed by atoms with E-state index in [2.05, 4.69) is 17.6 Å². The second kappa shape index (κ2) is 5.57. The van der Waals surface area contributed by atoms with Gasteiger partial charge in [-0.25, -0.2) is 0 Å². The van der Waals surface area contributed by atoms with E-state index in [0.717, 1.165) is 37.3 Å². The monoisotopic (exact) mass is 250 g/mol. The fourth-order valence-corrected chi connectivity index (χ4v) is 2.45. The maximum Gasteiger partial charge on any atom is 0.287 e. The van der Waals surface area contributed by atoms with Crippen molar-refractivity contribution in [1.82, 2.24) is 10.6 Å². The number of carbonyl (C=O) groups is 1. The molecule has 4 heteroatoms. The molecule has 2 heterocycles. The lowest BCUT2D eigenvalue weighted by molar-refractivity contribution is 0.0884. The summed E-state index contributed by atoms with van der Waals surface area (Å²) in [5, 5.41) is 6.40. The Morgan fingerprint density at radius 2 is 2.39 bits per heavy atom. The van der Waals surface area contributed by atoms with Gasteiger partial charge in [0.25, 0.3) is 5.91 Å². The van der Waals surface area contributed by atoms with Crippen LogP contribution in [-0.2, 0) is 6.42 Å². The third-order valence-electron chi connectivity index (χ3n) is 3.67. The highest BCUT2D eigenvalue weighted by Crippen LogP contribution is 2.16. The van der Waals surface area contributed by atoms with Crippen molar-refractivity contribution in [2.24, 2.45) is 5.92 Å². The molecule has 0 aromatic carbocycles. The molecule has 0 spiro atoms.